The number of rotatable bonds is 6. The maximum atomic E-state index is 13.0. The summed E-state index contributed by atoms with van der Waals surface area (Å²) in [6, 6.07) is 8.20. The molecule has 150 valence electrons. The molecule has 4 rings (SSSR count). The summed E-state index contributed by atoms with van der Waals surface area (Å²) in [7, 11) is 1.86. The van der Waals surface area contributed by atoms with Crippen molar-refractivity contribution in [3.63, 3.8) is 0 Å². The number of pyridine rings is 2. The highest BCUT2D eigenvalue weighted by Gasteiger charge is 2.25. The Morgan fingerprint density at radius 2 is 2.14 bits per heavy atom. The molecule has 0 aromatic carbocycles. The van der Waals surface area contributed by atoms with Crippen molar-refractivity contribution in [3.05, 3.63) is 81.1 Å². The van der Waals surface area contributed by atoms with Gasteiger partial charge in [0.25, 0.3) is 5.91 Å². The van der Waals surface area contributed by atoms with Gasteiger partial charge in [-0.1, -0.05) is 19.1 Å². The van der Waals surface area contributed by atoms with Crippen molar-refractivity contribution in [2.75, 3.05) is 13.6 Å². The molecule has 5 nitrogen and oxygen atoms in total. The number of carbonyl (C=O) groups is 1. The molecular weight excluding hydrogens is 380 g/mol. The van der Waals surface area contributed by atoms with Gasteiger partial charge in [0.2, 0.25) is 0 Å². The van der Waals surface area contributed by atoms with Crippen molar-refractivity contribution in [1.29, 1.82) is 0 Å². The lowest BCUT2D eigenvalue weighted by atomic mass is 10.0. The molecule has 0 saturated heterocycles. The Balaban J connectivity index is 1.41. The summed E-state index contributed by atoms with van der Waals surface area (Å²) in [6.07, 6.45) is 7.46. The zero-order valence-electron chi connectivity index (χ0n) is 17.0. The van der Waals surface area contributed by atoms with Gasteiger partial charge in [0, 0.05) is 62.1 Å². The number of amides is 1. The fourth-order valence-electron chi connectivity index (χ4n) is 3.73. The van der Waals surface area contributed by atoms with Crippen LogP contribution in [0, 0.1) is 0 Å². The number of hydrogen-bond donors (Lipinski definition) is 0. The van der Waals surface area contributed by atoms with Crippen molar-refractivity contribution in [2.24, 2.45) is 0 Å². The van der Waals surface area contributed by atoms with Gasteiger partial charge in [0.1, 0.15) is 0 Å². The van der Waals surface area contributed by atoms with Gasteiger partial charge in [-0.3, -0.25) is 19.7 Å². The van der Waals surface area contributed by atoms with Crippen LogP contribution < -0.4 is 0 Å². The topological polar surface area (TPSA) is 49.3 Å². The summed E-state index contributed by atoms with van der Waals surface area (Å²) in [5.74, 6) is 0.0941. The third-order valence-electron chi connectivity index (χ3n) is 5.43. The van der Waals surface area contributed by atoms with Crippen molar-refractivity contribution in [2.45, 2.75) is 39.4 Å². The summed E-state index contributed by atoms with van der Waals surface area (Å²) in [5.41, 5.74) is 5.51. The van der Waals surface area contributed by atoms with Gasteiger partial charge in [-0.05, 0) is 41.7 Å². The Bertz CT molecular complexity index is 968. The Hall–Kier alpha value is -2.57. The van der Waals surface area contributed by atoms with Gasteiger partial charge in [-0.25, -0.2) is 0 Å². The maximum absolute atomic E-state index is 13.0. The Morgan fingerprint density at radius 3 is 2.86 bits per heavy atom. The number of fused-ring (bicyclic) bond motifs is 1. The fraction of sp³-hybridized carbons (Fsp3) is 0.348. The molecule has 1 aliphatic rings. The Labute approximate surface area is 176 Å². The first-order valence-electron chi connectivity index (χ1n) is 10.0. The van der Waals surface area contributed by atoms with Crippen LogP contribution in [-0.2, 0) is 32.5 Å². The molecule has 6 heteroatoms. The van der Waals surface area contributed by atoms with E-state index in [4.69, 9.17) is 0 Å². The molecule has 0 N–H and O–H groups in total. The second-order valence-corrected chi connectivity index (χ2v) is 8.51. The van der Waals surface area contributed by atoms with Crippen LogP contribution in [0.15, 0.2) is 48.2 Å². The van der Waals surface area contributed by atoms with E-state index >= 15 is 0 Å². The SMILES string of the molecule is CCc1ccc(CN2CCc3c(C(=O)N(C)Cc4cccnc4)csc3C2)nc1. The molecule has 3 aromatic rings. The molecule has 0 unspecified atom stereocenters. The van der Waals surface area contributed by atoms with Crippen LogP contribution in [0.3, 0.4) is 0 Å². The Morgan fingerprint density at radius 1 is 1.24 bits per heavy atom. The van der Waals surface area contributed by atoms with Gasteiger partial charge in [-0.15, -0.1) is 11.3 Å². The molecule has 29 heavy (non-hydrogen) atoms. The minimum Gasteiger partial charge on any atom is -0.337 e. The van der Waals surface area contributed by atoms with E-state index < -0.39 is 0 Å². The molecule has 0 aliphatic carbocycles. The fourth-order valence-corrected chi connectivity index (χ4v) is 4.84. The summed E-state index contributed by atoms with van der Waals surface area (Å²) < 4.78 is 0. The quantitative estimate of drug-likeness (QED) is 0.622. The number of aryl methyl sites for hydroxylation is 1. The molecule has 3 aromatic heterocycles. The summed E-state index contributed by atoms with van der Waals surface area (Å²) in [4.78, 5) is 27.2. The highest BCUT2D eigenvalue weighted by atomic mass is 32.1. The van der Waals surface area contributed by atoms with E-state index in [9.17, 15) is 4.79 Å². The van der Waals surface area contributed by atoms with E-state index in [1.165, 1.54) is 16.0 Å². The van der Waals surface area contributed by atoms with Gasteiger partial charge in [0.05, 0.1) is 11.3 Å². The average Bonchev–Trinajstić information content (AvgIpc) is 3.17. The second-order valence-electron chi connectivity index (χ2n) is 7.55. The standard InChI is InChI=1S/C23H26N4OS/c1-3-17-6-7-19(25-12-17)14-27-10-8-20-21(16-29-22(20)15-27)23(28)26(2)13-18-5-4-9-24-11-18/h4-7,9,11-12,16H,3,8,10,13-15H2,1-2H3. The second kappa shape index (κ2) is 8.84. The number of aromatic nitrogens is 2. The molecule has 0 fully saturated rings. The third kappa shape index (κ3) is 4.54. The molecule has 1 amide bonds. The number of thiophene rings is 1. The van der Waals surface area contributed by atoms with E-state index in [1.54, 1.807) is 22.4 Å². The first kappa shape index (κ1) is 19.7. The molecule has 4 heterocycles. The number of nitrogens with zero attached hydrogens (tertiary/aromatic N) is 4. The van der Waals surface area contributed by atoms with Crippen LogP contribution >= 0.6 is 11.3 Å². The average molecular weight is 407 g/mol. The molecule has 0 atom stereocenters. The van der Waals surface area contributed by atoms with Crippen molar-refractivity contribution < 1.29 is 4.79 Å². The van der Waals surface area contributed by atoms with Crippen LogP contribution in [0.2, 0.25) is 0 Å². The monoisotopic (exact) mass is 406 g/mol. The van der Waals surface area contributed by atoms with Crippen molar-refractivity contribution in [3.8, 4) is 0 Å². The first-order valence-corrected chi connectivity index (χ1v) is 10.9. The van der Waals surface area contributed by atoms with E-state index in [2.05, 4.69) is 33.9 Å². The smallest absolute Gasteiger partial charge is 0.255 e. The number of hydrogen-bond acceptors (Lipinski definition) is 5. The summed E-state index contributed by atoms with van der Waals surface area (Å²) in [6.45, 7) is 5.41. The summed E-state index contributed by atoms with van der Waals surface area (Å²) >= 11 is 1.70. The number of carbonyl (C=O) groups excluding carboxylic acids is 1. The first-order chi connectivity index (χ1) is 14.1. The normalized spacial score (nSPS) is 13.9. The van der Waals surface area contributed by atoms with E-state index in [-0.39, 0.29) is 5.91 Å². The molecule has 0 radical (unpaired) electrons. The minimum absolute atomic E-state index is 0.0941. The predicted molar refractivity (Wildman–Crippen MR) is 116 cm³/mol. The third-order valence-corrected chi connectivity index (χ3v) is 6.44. The van der Waals surface area contributed by atoms with E-state index in [1.807, 2.05) is 37.0 Å². The zero-order chi connectivity index (χ0) is 20.2. The van der Waals surface area contributed by atoms with Gasteiger partial charge >= 0.3 is 0 Å². The minimum atomic E-state index is 0.0941. The van der Waals surface area contributed by atoms with Gasteiger partial charge in [0.15, 0.2) is 0 Å². The van der Waals surface area contributed by atoms with Gasteiger partial charge in [-0.2, -0.15) is 0 Å². The molecule has 0 spiro atoms. The van der Waals surface area contributed by atoms with Crippen LogP contribution in [0.4, 0.5) is 0 Å². The predicted octanol–water partition coefficient (Wildman–Crippen LogP) is 3.93. The maximum Gasteiger partial charge on any atom is 0.255 e. The largest absolute Gasteiger partial charge is 0.337 e. The zero-order valence-corrected chi connectivity index (χ0v) is 17.8. The van der Waals surface area contributed by atoms with Crippen molar-refractivity contribution >= 4 is 17.2 Å². The molecule has 1 aliphatic heterocycles. The Kier molecular flexibility index (Phi) is 6.02. The van der Waals surface area contributed by atoms with Crippen LogP contribution in [0.25, 0.3) is 0 Å². The lowest BCUT2D eigenvalue weighted by Crippen LogP contribution is -2.31. The molecule has 0 saturated carbocycles. The highest BCUT2D eigenvalue weighted by Crippen LogP contribution is 2.30. The van der Waals surface area contributed by atoms with Crippen LogP contribution in [0.1, 0.15) is 44.5 Å². The highest BCUT2D eigenvalue weighted by molar-refractivity contribution is 7.10. The van der Waals surface area contributed by atoms with Gasteiger partial charge < -0.3 is 4.90 Å². The lowest BCUT2D eigenvalue weighted by Gasteiger charge is -2.27. The molecular formula is C23H26N4OS. The summed E-state index contributed by atoms with van der Waals surface area (Å²) in [5, 5.41) is 2.03. The van der Waals surface area contributed by atoms with Crippen LogP contribution in [-0.4, -0.2) is 39.3 Å². The molecule has 0 bridgehead atoms. The van der Waals surface area contributed by atoms with E-state index in [0.29, 0.717) is 6.54 Å². The van der Waals surface area contributed by atoms with Crippen molar-refractivity contribution in [1.82, 2.24) is 19.8 Å². The van der Waals surface area contributed by atoms with Crippen LogP contribution in [0.5, 0.6) is 0 Å². The van der Waals surface area contributed by atoms with E-state index in [0.717, 1.165) is 49.3 Å². The lowest BCUT2D eigenvalue weighted by molar-refractivity contribution is 0.0783.